The van der Waals surface area contributed by atoms with E-state index >= 15 is 0 Å². The summed E-state index contributed by atoms with van der Waals surface area (Å²) < 4.78 is 0. The number of rotatable bonds is 4. The third kappa shape index (κ3) is 3.86. The van der Waals surface area contributed by atoms with Crippen LogP contribution in [0.25, 0.3) is 0 Å². The van der Waals surface area contributed by atoms with Crippen molar-refractivity contribution in [3.05, 3.63) is 83.2 Å². The van der Waals surface area contributed by atoms with E-state index in [-0.39, 0.29) is 5.91 Å². The molecular formula is C21H21N3O. The highest BCUT2D eigenvalue weighted by Gasteiger charge is 2.09. The zero-order valence-electron chi connectivity index (χ0n) is 14.6. The Bertz CT molecular complexity index is 919. The zero-order chi connectivity index (χ0) is 17.8. The lowest BCUT2D eigenvalue weighted by Crippen LogP contribution is -2.13. The lowest BCUT2D eigenvalue weighted by molar-refractivity contribution is 0.102. The average molecular weight is 331 g/mol. The summed E-state index contributed by atoms with van der Waals surface area (Å²) in [6.45, 7) is 6.11. The molecule has 1 amide bonds. The zero-order valence-corrected chi connectivity index (χ0v) is 14.6. The van der Waals surface area contributed by atoms with E-state index in [1.807, 2.05) is 49.4 Å². The normalized spacial score (nSPS) is 10.4. The Kier molecular flexibility index (Phi) is 4.80. The Labute approximate surface area is 147 Å². The number of pyridine rings is 1. The Morgan fingerprint density at radius 2 is 1.60 bits per heavy atom. The van der Waals surface area contributed by atoms with Gasteiger partial charge in [0.1, 0.15) is 0 Å². The Morgan fingerprint density at radius 3 is 2.40 bits per heavy atom. The number of aryl methyl sites for hydroxylation is 2. The molecule has 0 aliphatic carbocycles. The molecule has 0 radical (unpaired) electrons. The van der Waals surface area contributed by atoms with Crippen molar-refractivity contribution in [2.24, 2.45) is 0 Å². The van der Waals surface area contributed by atoms with Crippen LogP contribution in [-0.4, -0.2) is 10.9 Å². The van der Waals surface area contributed by atoms with Crippen LogP contribution in [-0.2, 0) is 0 Å². The van der Waals surface area contributed by atoms with E-state index in [1.54, 1.807) is 12.4 Å². The second-order valence-corrected chi connectivity index (χ2v) is 6.10. The van der Waals surface area contributed by atoms with Gasteiger partial charge >= 0.3 is 0 Å². The van der Waals surface area contributed by atoms with E-state index in [9.17, 15) is 4.79 Å². The van der Waals surface area contributed by atoms with Gasteiger partial charge in [-0.1, -0.05) is 30.3 Å². The number of benzene rings is 2. The van der Waals surface area contributed by atoms with Crippen LogP contribution in [0.2, 0.25) is 0 Å². The highest BCUT2D eigenvalue weighted by molar-refractivity contribution is 6.05. The fraction of sp³-hybridized carbons (Fsp3) is 0.143. The SMILES string of the molecule is Cc1ccccc1NC(=O)c1cncc(Nc2cccc(C)c2C)c1. The first kappa shape index (κ1) is 16.7. The molecule has 0 aliphatic heterocycles. The number of aromatic nitrogens is 1. The van der Waals surface area contributed by atoms with Crippen molar-refractivity contribution in [3.8, 4) is 0 Å². The molecule has 0 fully saturated rings. The molecule has 0 unspecified atom stereocenters. The molecule has 126 valence electrons. The standard InChI is InChI=1S/C21H21N3O/c1-14-8-6-10-20(16(14)3)23-18-11-17(12-22-13-18)21(25)24-19-9-5-4-7-15(19)2/h4-13,23H,1-3H3,(H,24,25). The quantitative estimate of drug-likeness (QED) is 0.707. The number of anilines is 3. The summed E-state index contributed by atoms with van der Waals surface area (Å²) in [5.74, 6) is -0.175. The maximum Gasteiger partial charge on any atom is 0.257 e. The minimum absolute atomic E-state index is 0.175. The Balaban J connectivity index is 1.80. The summed E-state index contributed by atoms with van der Waals surface area (Å²) in [4.78, 5) is 16.7. The van der Waals surface area contributed by atoms with Crippen molar-refractivity contribution in [1.29, 1.82) is 0 Å². The first-order valence-corrected chi connectivity index (χ1v) is 8.20. The van der Waals surface area contributed by atoms with Gasteiger partial charge in [-0.2, -0.15) is 0 Å². The lowest BCUT2D eigenvalue weighted by Gasteiger charge is -2.12. The molecule has 0 atom stereocenters. The molecule has 3 aromatic rings. The molecule has 4 nitrogen and oxygen atoms in total. The van der Waals surface area contributed by atoms with Gasteiger partial charge in [0.25, 0.3) is 5.91 Å². The van der Waals surface area contributed by atoms with E-state index in [0.717, 1.165) is 22.6 Å². The predicted octanol–water partition coefficient (Wildman–Crippen LogP) is 5.00. The summed E-state index contributed by atoms with van der Waals surface area (Å²) in [5, 5.41) is 6.27. The van der Waals surface area contributed by atoms with E-state index in [1.165, 1.54) is 11.1 Å². The molecule has 2 aromatic carbocycles. The summed E-state index contributed by atoms with van der Waals surface area (Å²) >= 11 is 0. The molecule has 1 aromatic heterocycles. The van der Waals surface area contributed by atoms with Crippen LogP contribution in [0.4, 0.5) is 17.1 Å². The number of carbonyl (C=O) groups excluding carboxylic acids is 1. The summed E-state index contributed by atoms with van der Waals surface area (Å²) in [6.07, 6.45) is 3.29. The largest absolute Gasteiger partial charge is 0.354 e. The molecule has 2 N–H and O–H groups in total. The maximum absolute atomic E-state index is 12.5. The summed E-state index contributed by atoms with van der Waals surface area (Å²) in [7, 11) is 0. The number of para-hydroxylation sites is 1. The molecule has 4 heteroatoms. The van der Waals surface area contributed by atoms with Crippen LogP contribution in [0.1, 0.15) is 27.0 Å². The second kappa shape index (κ2) is 7.18. The van der Waals surface area contributed by atoms with Crippen molar-refractivity contribution >= 4 is 23.0 Å². The first-order chi connectivity index (χ1) is 12.0. The average Bonchev–Trinajstić information content (AvgIpc) is 2.61. The van der Waals surface area contributed by atoms with Gasteiger partial charge in [0.15, 0.2) is 0 Å². The van der Waals surface area contributed by atoms with Crippen molar-refractivity contribution in [2.75, 3.05) is 10.6 Å². The molecular weight excluding hydrogens is 310 g/mol. The molecule has 1 heterocycles. The number of amides is 1. The molecule has 25 heavy (non-hydrogen) atoms. The van der Waals surface area contributed by atoms with Gasteiger partial charge < -0.3 is 10.6 Å². The van der Waals surface area contributed by atoms with Gasteiger partial charge in [-0.25, -0.2) is 0 Å². The minimum Gasteiger partial charge on any atom is -0.354 e. The van der Waals surface area contributed by atoms with Crippen LogP contribution in [0.5, 0.6) is 0 Å². The van der Waals surface area contributed by atoms with Crippen LogP contribution in [0, 0.1) is 20.8 Å². The van der Waals surface area contributed by atoms with Crippen LogP contribution >= 0.6 is 0 Å². The van der Waals surface area contributed by atoms with Gasteiger partial charge in [-0.05, 0) is 55.7 Å². The van der Waals surface area contributed by atoms with E-state index in [0.29, 0.717) is 5.56 Å². The maximum atomic E-state index is 12.5. The molecule has 0 saturated carbocycles. The summed E-state index contributed by atoms with van der Waals surface area (Å²) in [6, 6.07) is 15.6. The third-order valence-electron chi connectivity index (χ3n) is 4.28. The number of nitrogens with zero attached hydrogens (tertiary/aromatic N) is 1. The van der Waals surface area contributed by atoms with Crippen LogP contribution < -0.4 is 10.6 Å². The van der Waals surface area contributed by atoms with Crippen molar-refractivity contribution in [2.45, 2.75) is 20.8 Å². The fourth-order valence-corrected chi connectivity index (χ4v) is 2.58. The molecule has 0 saturated heterocycles. The first-order valence-electron chi connectivity index (χ1n) is 8.20. The Hall–Kier alpha value is -3.14. The Morgan fingerprint density at radius 1 is 0.880 bits per heavy atom. The van der Waals surface area contributed by atoms with Gasteiger partial charge in [0.05, 0.1) is 17.4 Å². The molecule has 0 aliphatic rings. The third-order valence-corrected chi connectivity index (χ3v) is 4.28. The van der Waals surface area contributed by atoms with E-state index in [4.69, 9.17) is 0 Å². The number of carbonyl (C=O) groups is 1. The van der Waals surface area contributed by atoms with Crippen LogP contribution in [0.3, 0.4) is 0 Å². The van der Waals surface area contributed by atoms with Crippen LogP contribution in [0.15, 0.2) is 60.9 Å². The van der Waals surface area contributed by atoms with Gasteiger partial charge in [0.2, 0.25) is 0 Å². The van der Waals surface area contributed by atoms with E-state index < -0.39 is 0 Å². The van der Waals surface area contributed by atoms with Crippen molar-refractivity contribution in [3.63, 3.8) is 0 Å². The lowest BCUT2D eigenvalue weighted by atomic mass is 10.1. The van der Waals surface area contributed by atoms with E-state index in [2.05, 4.69) is 35.5 Å². The summed E-state index contributed by atoms with van der Waals surface area (Å²) in [5.41, 5.74) is 6.53. The van der Waals surface area contributed by atoms with Gasteiger partial charge in [-0.15, -0.1) is 0 Å². The highest BCUT2D eigenvalue weighted by Crippen LogP contribution is 2.23. The number of nitrogens with one attached hydrogen (secondary N) is 2. The minimum atomic E-state index is -0.175. The predicted molar refractivity (Wildman–Crippen MR) is 103 cm³/mol. The molecule has 0 bridgehead atoms. The molecule has 0 spiro atoms. The molecule has 3 rings (SSSR count). The van der Waals surface area contributed by atoms with Gasteiger partial charge in [-0.3, -0.25) is 9.78 Å². The smallest absolute Gasteiger partial charge is 0.257 e. The topological polar surface area (TPSA) is 54.0 Å². The van der Waals surface area contributed by atoms with Crippen molar-refractivity contribution < 1.29 is 4.79 Å². The second-order valence-electron chi connectivity index (χ2n) is 6.10. The van der Waals surface area contributed by atoms with Crippen molar-refractivity contribution in [1.82, 2.24) is 4.98 Å². The number of hydrogen-bond acceptors (Lipinski definition) is 3. The van der Waals surface area contributed by atoms with Gasteiger partial charge in [0, 0.05) is 17.6 Å². The highest BCUT2D eigenvalue weighted by atomic mass is 16.1. The fourth-order valence-electron chi connectivity index (χ4n) is 2.58. The monoisotopic (exact) mass is 331 g/mol. The number of hydrogen-bond donors (Lipinski definition) is 2.